The third kappa shape index (κ3) is 3.72. The summed E-state index contributed by atoms with van der Waals surface area (Å²) in [5.74, 6) is 1.26. The predicted octanol–water partition coefficient (Wildman–Crippen LogP) is 2.69. The van der Waals surface area contributed by atoms with Gasteiger partial charge in [0, 0.05) is 20.0 Å². The van der Waals surface area contributed by atoms with Crippen molar-refractivity contribution in [2.45, 2.75) is 32.8 Å². The highest BCUT2D eigenvalue weighted by atomic mass is 16.5. The molecule has 0 N–H and O–H groups in total. The first-order valence-corrected chi connectivity index (χ1v) is 7.91. The summed E-state index contributed by atoms with van der Waals surface area (Å²) in [5.41, 5.74) is 2.82. The van der Waals surface area contributed by atoms with Crippen LogP contribution in [0.25, 0.3) is 0 Å². The standard InChI is InChI=1S/C17H23N3O2/c1-13-6-3-4-7-15(13)8-5-9-20-10-11-21-16(12-20)17-18-14(2)22-19-17/h3-4,6-7,16H,5,8-12H2,1-2H3/t16-/m0/s1. The topological polar surface area (TPSA) is 51.4 Å². The largest absolute Gasteiger partial charge is 0.367 e. The Morgan fingerprint density at radius 1 is 1.27 bits per heavy atom. The first-order chi connectivity index (χ1) is 10.7. The van der Waals surface area contributed by atoms with Gasteiger partial charge in [0.2, 0.25) is 11.7 Å². The number of hydrogen-bond donors (Lipinski definition) is 0. The zero-order valence-electron chi connectivity index (χ0n) is 13.3. The minimum atomic E-state index is -0.0651. The van der Waals surface area contributed by atoms with Crippen molar-refractivity contribution in [1.82, 2.24) is 15.0 Å². The van der Waals surface area contributed by atoms with E-state index in [1.54, 1.807) is 6.92 Å². The molecule has 1 aromatic heterocycles. The Morgan fingerprint density at radius 3 is 2.91 bits per heavy atom. The molecule has 1 aromatic carbocycles. The van der Waals surface area contributed by atoms with Gasteiger partial charge in [-0.1, -0.05) is 29.4 Å². The number of aryl methyl sites for hydroxylation is 3. The molecule has 22 heavy (non-hydrogen) atoms. The highest BCUT2D eigenvalue weighted by Crippen LogP contribution is 2.20. The number of rotatable bonds is 5. The van der Waals surface area contributed by atoms with E-state index < -0.39 is 0 Å². The Balaban J connectivity index is 1.49. The van der Waals surface area contributed by atoms with Gasteiger partial charge in [-0.25, -0.2) is 0 Å². The second kappa shape index (κ2) is 7.03. The number of ether oxygens (including phenoxy) is 1. The van der Waals surface area contributed by atoms with E-state index in [9.17, 15) is 0 Å². The molecule has 0 radical (unpaired) electrons. The van der Waals surface area contributed by atoms with E-state index in [2.05, 4.69) is 46.2 Å². The summed E-state index contributed by atoms with van der Waals surface area (Å²) >= 11 is 0. The number of nitrogens with zero attached hydrogens (tertiary/aromatic N) is 3. The fourth-order valence-electron chi connectivity index (χ4n) is 2.89. The highest BCUT2D eigenvalue weighted by molar-refractivity contribution is 5.25. The lowest BCUT2D eigenvalue weighted by atomic mass is 10.0. The van der Waals surface area contributed by atoms with E-state index in [0.29, 0.717) is 11.7 Å². The van der Waals surface area contributed by atoms with Crippen molar-refractivity contribution in [2.75, 3.05) is 26.2 Å². The fraction of sp³-hybridized carbons (Fsp3) is 0.529. The average Bonchev–Trinajstić information content (AvgIpc) is 2.96. The summed E-state index contributed by atoms with van der Waals surface area (Å²) in [6.45, 7) is 7.60. The van der Waals surface area contributed by atoms with Crippen LogP contribution in [0.3, 0.4) is 0 Å². The predicted molar refractivity (Wildman–Crippen MR) is 83.7 cm³/mol. The van der Waals surface area contributed by atoms with Crippen molar-refractivity contribution < 1.29 is 9.26 Å². The van der Waals surface area contributed by atoms with E-state index in [4.69, 9.17) is 9.26 Å². The minimum absolute atomic E-state index is 0.0651. The molecule has 0 unspecified atom stereocenters. The molecule has 5 nitrogen and oxygen atoms in total. The normalized spacial score (nSPS) is 19.5. The third-order valence-corrected chi connectivity index (χ3v) is 4.16. The molecule has 1 aliphatic heterocycles. The first kappa shape index (κ1) is 15.2. The third-order valence-electron chi connectivity index (χ3n) is 4.16. The summed E-state index contributed by atoms with van der Waals surface area (Å²) in [7, 11) is 0. The van der Waals surface area contributed by atoms with E-state index in [0.717, 1.165) is 39.1 Å². The van der Waals surface area contributed by atoms with Gasteiger partial charge in [-0.3, -0.25) is 4.90 Å². The van der Waals surface area contributed by atoms with Gasteiger partial charge in [-0.05, 0) is 37.4 Å². The van der Waals surface area contributed by atoms with Crippen molar-refractivity contribution >= 4 is 0 Å². The zero-order chi connectivity index (χ0) is 15.4. The lowest BCUT2D eigenvalue weighted by Crippen LogP contribution is -2.39. The van der Waals surface area contributed by atoms with Gasteiger partial charge in [-0.15, -0.1) is 0 Å². The fourth-order valence-corrected chi connectivity index (χ4v) is 2.89. The van der Waals surface area contributed by atoms with Crippen LogP contribution in [-0.2, 0) is 11.2 Å². The molecule has 118 valence electrons. The molecular formula is C17H23N3O2. The SMILES string of the molecule is Cc1nc([C@@H]2CN(CCCc3ccccc3C)CCO2)no1. The molecule has 0 saturated carbocycles. The molecule has 1 aliphatic rings. The molecule has 0 bridgehead atoms. The van der Waals surface area contributed by atoms with Gasteiger partial charge in [-0.2, -0.15) is 4.98 Å². The number of aromatic nitrogens is 2. The second-order valence-electron chi connectivity index (χ2n) is 5.86. The molecule has 0 amide bonds. The van der Waals surface area contributed by atoms with Gasteiger partial charge >= 0.3 is 0 Å². The smallest absolute Gasteiger partial charge is 0.223 e. The van der Waals surface area contributed by atoms with Crippen molar-refractivity contribution in [3.8, 4) is 0 Å². The van der Waals surface area contributed by atoms with Gasteiger partial charge in [0.15, 0.2) is 0 Å². The zero-order valence-corrected chi connectivity index (χ0v) is 13.3. The Morgan fingerprint density at radius 2 is 2.14 bits per heavy atom. The summed E-state index contributed by atoms with van der Waals surface area (Å²) in [6.07, 6.45) is 2.21. The number of benzene rings is 1. The lowest BCUT2D eigenvalue weighted by molar-refractivity contribution is -0.0353. The van der Waals surface area contributed by atoms with Crippen molar-refractivity contribution in [3.63, 3.8) is 0 Å². The van der Waals surface area contributed by atoms with Crippen molar-refractivity contribution in [3.05, 3.63) is 47.1 Å². The van der Waals surface area contributed by atoms with Gasteiger partial charge in [0.25, 0.3) is 0 Å². The first-order valence-electron chi connectivity index (χ1n) is 7.91. The van der Waals surface area contributed by atoms with Crippen LogP contribution < -0.4 is 0 Å². The summed E-state index contributed by atoms with van der Waals surface area (Å²) in [5, 5.41) is 3.98. The van der Waals surface area contributed by atoms with Gasteiger partial charge in [0.1, 0.15) is 6.10 Å². The van der Waals surface area contributed by atoms with E-state index in [1.165, 1.54) is 11.1 Å². The quantitative estimate of drug-likeness (QED) is 0.850. The molecule has 2 aromatic rings. The summed E-state index contributed by atoms with van der Waals surface area (Å²) in [4.78, 5) is 6.71. The molecule has 3 rings (SSSR count). The van der Waals surface area contributed by atoms with Crippen LogP contribution in [0.2, 0.25) is 0 Å². The van der Waals surface area contributed by atoms with Crippen LogP contribution in [0, 0.1) is 13.8 Å². The Hall–Kier alpha value is -1.72. The highest BCUT2D eigenvalue weighted by Gasteiger charge is 2.25. The lowest BCUT2D eigenvalue weighted by Gasteiger charge is -2.31. The van der Waals surface area contributed by atoms with E-state index in [1.807, 2.05) is 0 Å². The van der Waals surface area contributed by atoms with Crippen LogP contribution >= 0.6 is 0 Å². The maximum absolute atomic E-state index is 5.76. The van der Waals surface area contributed by atoms with Gasteiger partial charge in [0.05, 0.1) is 6.61 Å². The molecule has 2 heterocycles. The molecule has 5 heteroatoms. The van der Waals surface area contributed by atoms with Gasteiger partial charge < -0.3 is 9.26 Å². The average molecular weight is 301 g/mol. The van der Waals surface area contributed by atoms with Crippen LogP contribution in [-0.4, -0.2) is 41.3 Å². The second-order valence-corrected chi connectivity index (χ2v) is 5.86. The molecule has 1 atom stereocenters. The maximum atomic E-state index is 5.76. The summed E-state index contributed by atoms with van der Waals surface area (Å²) in [6, 6.07) is 8.61. The van der Waals surface area contributed by atoms with Crippen LogP contribution in [0.4, 0.5) is 0 Å². The Labute approximate surface area is 131 Å². The molecular weight excluding hydrogens is 278 g/mol. The van der Waals surface area contributed by atoms with Crippen LogP contribution in [0.15, 0.2) is 28.8 Å². The minimum Gasteiger partial charge on any atom is -0.367 e. The van der Waals surface area contributed by atoms with Crippen LogP contribution in [0.5, 0.6) is 0 Å². The molecule has 1 fully saturated rings. The Kier molecular flexibility index (Phi) is 4.85. The van der Waals surface area contributed by atoms with E-state index >= 15 is 0 Å². The summed E-state index contributed by atoms with van der Waals surface area (Å²) < 4.78 is 10.8. The Bertz CT molecular complexity index is 611. The van der Waals surface area contributed by atoms with Crippen LogP contribution in [0.1, 0.15) is 35.4 Å². The molecule has 1 saturated heterocycles. The monoisotopic (exact) mass is 301 g/mol. The van der Waals surface area contributed by atoms with E-state index in [-0.39, 0.29) is 6.10 Å². The maximum Gasteiger partial charge on any atom is 0.223 e. The number of hydrogen-bond acceptors (Lipinski definition) is 5. The molecule has 0 aliphatic carbocycles. The van der Waals surface area contributed by atoms with Crippen molar-refractivity contribution in [1.29, 1.82) is 0 Å². The number of morpholine rings is 1. The van der Waals surface area contributed by atoms with Crippen molar-refractivity contribution in [2.24, 2.45) is 0 Å². The molecule has 0 spiro atoms.